The molecule has 258 valence electrons. The number of benzene rings is 3. The number of hydrogen-bond donors (Lipinski definition) is 2. The molecule has 7 rings (SSSR count). The summed E-state index contributed by atoms with van der Waals surface area (Å²) < 4.78 is 15.0. The number of nitrogens with zero attached hydrogens (tertiary/aromatic N) is 2. The van der Waals surface area contributed by atoms with E-state index in [2.05, 4.69) is 62.5 Å². The maximum atomic E-state index is 13.6. The van der Waals surface area contributed by atoms with Crippen LogP contribution in [0.15, 0.2) is 36.4 Å². The van der Waals surface area contributed by atoms with Crippen LogP contribution in [0.3, 0.4) is 0 Å². The Balaban J connectivity index is 1.42. The smallest absolute Gasteiger partial charge is 0.410 e. The summed E-state index contributed by atoms with van der Waals surface area (Å²) in [5, 5.41) is 5.95. The van der Waals surface area contributed by atoms with E-state index in [0.717, 1.165) is 61.2 Å². The van der Waals surface area contributed by atoms with E-state index in [1.54, 1.807) is 4.90 Å². The van der Waals surface area contributed by atoms with Crippen LogP contribution < -0.4 is 5.32 Å². The topological polar surface area (TPSA) is 106 Å². The van der Waals surface area contributed by atoms with E-state index in [-0.39, 0.29) is 17.9 Å². The fourth-order valence-corrected chi connectivity index (χ4v) is 14.5. The Morgan fingerprint density at radius 1 is 0.837 bits per heavy atom. The van der Waals surface area contributed by atoms with Crippen LogP contribution >= 0.6 is 0 Å². The molecule has 2 aliphatic heterocycles. The zero-order chi connectivity index (χ0) is 35.2. The minimum Gasteiger partial charge on any atom is -0.444 e. The molecule has 2 N–H and O–H groups in total. The van der Waals surface area contributed by atoms with Crippen LogP contribution in [0.5, 0.6) is 0 Å². The highest BCUT2D eigenvalue weighted by Gasteiger charge is 2.45. The SMILES string of the molecule is CC(C)[Si](OCCc1cccc2c1[nH]c1c2c2c(c3c4cccc5c4n(c13)CCN(C(=O)OC(C)(C)C)C5)C(=O)NC2=O)(C(C)C)C(C)C. The monoisotopic (exact) mass is 680 g/mol. The van der Waals surface area contributed by atoms with E-state index >= 15 is 0 Å². The molecule has 49 heavy (non-hydrogen) atoms. The van der Waals surface area contributed by atoms with Crippen molar-refractivity contribution >= 4 is 69.8 Å². The molecule has 0 saturated carbocycles. The van der Waals surface area contributed by atoms with Gasteiger partial charge in [0.1, 0.15) is 5.60 Å². The first-order valence-electron chi connectivity index (χ1n) is 17.7. The molecule has 0 saturated heterocycles. The minimum atomic E-state index is -2.05. The maximum Gasteiger partial charge on any atom is 0.410 e. The Hall–Kier alpha value is -4.15. The summed E-state index contributed by atoms with van der Waals surface area (Å²) in [5.41, 5.74) is 7.40. The second-order valence-corrected chi connectivity index (χ2v) is 21.2. The lowest BCUT2D eigenvalue weighted by molar-refractivity contribution is 0.0233. The van der Waals surface area contributed by atoms with Gasteiger partial charge in [-0.25, -0.2) is 4.79 Å². The Morgan fingerprint density at radius 3 is 2.12 bits per heavy atom. The lowest BCUT2D eigenvalue weighted by Crippen LogP contribution is -2.48. The molecule has 5 aromatic rings. The number of carbonyl (C=O) groups excluding carboxylic acids is 3. The highest BCUT2D eigenvalue weighted by molar-refractivity contribution is 6.77. The van der Waals surface area contributed by atoms with E-state index < -0.39 is 13.9 Å². The van der Waals surface area contributed by atoms with Crippen LogP contribution in [0.4, 0.5) is 4.79 Å². The molecular formula is C39H48N4O5Si. The van der Waals surface area contributed by atoms with Crippen LogP contribution in [-0.2, 0) is 28.7 Å². The summed E-state index contributed by atoms with van der Waals surface area (Å²) in [4.78, 5) is 46.0. The molecule has 0 bridgehead atoms. The van der Waals surface area contributed by atoms with Gasteiger partial charge < -0.3 is 23.6 Å². The zero-order valence-corrected chi connectivity index (χ0v) is 31.2. The van der Waals surface area contributed by atoms with Crippen molar-refractivity contribution in [3.63, 3.8) is 0 Å². The first kappa shape index (κ1) is 33.3. The number of imide groups is 1. The Morgan fingerprint density at radius 2 is 1.47 bits per heavy atom. The second kappa shape index (κ2) is 11.7. The molecule has 0 radical (unpaired) electrons. The van der Waals surface area contributed by atoms with Crippen LogP contribution in [0, 0.1) is 0 Å². The molecule has 0 atom stereocenters. The molecule has 3 aromatic carbocycles. The first-order chi connectivity index (χ1) is 23.2. The molecule has 0 aliphatic carbocycles. The second-order valence-electron chi connectivity index (χ2n) is 15.8. The Labute approximate surface area is 288 Å². The zero-order valence-electron chi connectivity index (χ0n) is 30.2. The van der Waals surface area contributed by atoms with Crippen molar-refractivity contribution in [2.24, 2.45) is 0 Å². The van der Waals surface area contributed by atoms with Crippen molar-refractivity contribution in [1.82, 2.24) is 19.8 Å². The number of hydrogen-bond acceptors (Lipinski definition) is 5. The third-order valence-electron chi connectivity index (χ3n) is 10.8. The Kier molecular flexibility index (Phi) is 7.98. The maximum absolute atomic E-state index is 13.6. The number of nitrogens with one attached hydrogen (secondary N) is 2. The van der Waals surface area contributed by atoms with Gasteiger partial charge in [0.15, 0.2) is 8.32 Å². The first-order valence-corrected chi connectivity index (χ1v) is 19.8. The number of aromatic amines is 1. The number of aromatic nitrogens is 2. The van der Waals surface area contributed by atoms with Gasteiger partial charge in [-0.05, 0) is 54.9 Å². The molecule has 2 aliphatic rings. The number of amides is 3. The lowest BCUT2D eigenvalue weighted by Gasteiger charge is -2.42. The number of rotatable bonds is 7. The number of ether oxygens (including phenoxy) is 1. The summed E-state index contributed by atoms with van der Waals surface area (Å²) >= 11 is 0. The van der Waals surface area contributed by atoms with E-state index in [1.165, 1.54) is 0 Å². The van der Waals surface area contributed by atoms with E-state index in [1.807, 2.05) is 51.1 Å². The van der Waals surface area contributed by atoms with Gasteiger partial charge in [-0.1, -0.05) is 77.9 Å². The average molecular weight is 681 g/mol. The largest absolute Gasteiger partial charge is 0.444 e. The standard InChI is InChI=1S/C39H48N4O5Si/c1-21(2)49(22(3)4,23(5)6)47-19-16-24-12-10-14-26-28-30-31(37(45)41-36(30)44)29-27-15-11-13-25-20-42(38(46)48-39(7,8)9)17-18-43(34(25)27)35(29)33(28)40-32(24)26/h10-15,21-23,40H,16-20H2,1-9H3,(H,41,44,45). The van der Waals surface area contributed by atoms with Crippen LogP contribution in [0.1, 0.15) is 94.2 Å². The van der Waals surface area contributed by atoms with Crippen molar-refractivity contribution in [3.8, 4) is 0 Å². The molecule has 2 aromatic heterocycles. The van der Waals surface area contributed by atoms with Crippen LogP contribution in [0.2, 0.25) is 16.6 Å². The van der Waals surface area contributed by atoms with Gasteiger partial charge in [-0.15, -0.1) is 0 Å². The predicted octanol–water partition coefficient (Wildman–Crippen LogP) is 8.80. The van der Waals surface area contributed by atoms with Crippen molar-refractivity contribution in [2.75, 3.05) is 13.2 Å². The molecular weight excluding hydrogens is 633 g/mol. The molecule has 0 unspecified atom stereocenters. The van der Waals surface area contributed by atoms with Gasteiger partial charge in [0.05, 0.1) is 34.2 Å². The van der Waals surface area contributed by atoms with Gasteiger partial charge in [-0.2, -0.15) is 0 Å². The molecule has 3 amide bonds. The summed E-state index contributed by atoms with van der Waals surface area (Å²) in [6, 6.07) is 12.2. The highest BCUT2D eigenvalue weighted by atomic mass is 28.4. The lowest BCUT2D eigenvalue weighted by atomic mass is 9.95. The van der Waals surface area contributed by atoms with Crippen molar-refractivity contribution in [2.45, 2.75) is 104 Å². The van der Waals surface area contributed by atoms with Crippen LogP contribution in [0.25, 0.3) is 43.6 Å². The van der Waals surface area contributed by atoms with Gasteiger partial charge in [0.2, 0.25) is 0 Å². The summed E-state index contributed by atoms with van der Waals surface area (Å²) in [5.74, 6) is -0.747. The summed E-state index contributed by atoms with van der Waals surface area (Å²) in [7, 11) is -2.05. The number of H-pyrrole nitrogens is 1. The van der Waals surface area contributed by atoms with E-state index in [9.17, 15) is 14.4 Å². The fraction of sp³-hybridized carbons (Fsp3) is 0.462. The van der Waals surface area contributed by atoms with Gasteiger partial charge in [0.25, 0.3) is 11.8 Å². The van der Waals surface area contributed by atoms with Crippen molar-refractivity contribution < 1.29 is 23.5 Å². The third kappa shape index (κ3) is 5.09. The normalized spacial score (nSPS) is 15.5. The fourth-order valence-electron chi connectivity index (χ4n) is 9.03. The number of fused-ring (bicyclic) bond motifs is 10. The van der Waals surface area contributed by atoms with Gasteiger partial charge in [0, 0.05) is 46.8 Å². The quantitative estimate of drug-likeness (QED) is 0.132. The Bertz CT molecular complexity index is 2160. The third-order valence-corrected chi connectivity index (χ3v) is 16.9. The van der Waals surface area contributed by atoms with Gasteiger partial charge in [-0.3, -0.25) is 14.9 Å². The number of carbonyl (C=O) groups is 3. The summed E-state index contributed by atoms with van der Waals surface area (Å²) in [6.45, 7) is 21.4. The molecule has 9 nitrogen and oxygen atoms in total. The van der Waals surface area contributed by atoms with E-state index in [4.69, 9.17) is 9.16 Å². The molecule has 4 heterocycles. The van der Waals surface area contributed by atoms with Crippen molar-refractivity contribution in [3.05, 3.63) is 58.7 Å². The summed E-state index contributed by atoms with van der Waals surface area (Å²) in [6.07, 6.45) is 0.368. The van der Waals surface area contributed by atoms with E-state index in [0.29, 0.717) is 54.0 Å². The minimum absolute atomic E-state index is 0.354. The van der Waals surface area contributed by atoms with Crippen molar-refractivity contribution in [1.29, 1.82) is 0 Å². The van der Waals surface area contributed by atoms with Crippen LogP contribution in [-0.4, -0.2) is 59.4 Å². The average Bonchev–Trinajstić information content (AvgIpc) is 3.59. The molecule has 0 spiro atoms. The molecule has 10 heteroatoms. The predicted molar refractivity (Wildman–Crippen MR) is 198 cm³/mol. The molecule has 0 fully saturated rings. The van der Waals surface area contributed by atoms with Gasteiger partial charge >= 0.3 is 6.09 Å². The number of para-hydroxylation sites is 2. The highest BCUT2D eigenvalue weighted by Crippen LogP contribution is 2.46.